The number of amides is 1. The number of nitro benzene ring substituents is 1. The summed E-state index contributed by atoms with van der Waals surface area (Å²) >= 11 is 7.35. The summed E-state index contributed by atoms with van der Waals surface area (Å²) in [5, 5.41) is 16.7. The van der Waals surface area contributed by atoms with Crippen LogP contribution in [-0.2, 0) is 4.79 Å². The Balaban J connectivity index is 1.59. The van der Waals surface area contributed by atoms with E-state index in [0.717, 1.165) is 22.5 Å². The Morgan fingerprint density at radius 2 is 2.22 bits per heavy atom. The normalized spacial score (nSPS) is 16.6. The Hall–Kier alpha value is -2.78. The topological polar surface area (TPSA) is 101 Å². The Morgan fingerprint density at radius 1 is 1.37 bits per heavy atom. The summed E-state index contributed by atoms with van der Waals surface area (Å²) in [6.07, 6.45) is 3.04. The molecule has 138 valence electrons. The minimum atomic E-state index is -0.575. The number of aromatic nitrogens is 2. The molecule has 0 saturated carbocycles. The third-order valence-electron chi connectivity index (χ3n) is 4.48. The molecule has 0 spiro atoms. The first-order chi connectivity index (χ1) is 13.0. The zero-order chi connectivity index (χ0) is 19.0. The van der Waals surface area contributed by atoms with E-state index >= 15 is 0 Å². The summed E-state index contributed by atoms with van der Waals surface area (Å²) < 4.78 is 0. The number of nitrogens with zero attached hydrogens (tertiary/aromatic N) is 4. The molecule has 0 aliphatic carbocycles. The van der Waals surface area contributed by atoms with Crippen LogP contribution < -0.4 is 10.2 Å². The number of halogens is 1. The fourth-order valence-electron chi connectivity index (χ4n) is 3.25. The highest BCUT2D eigenvalue weighted by atomic mass is 35.5. The van der Waals surface area contributed by atoms with Crippen molar-refractivity contribution in [1.82, 2.24) is 9.97 Å². The van der Waals surface area contributed by atoms with Crippen LogP contribution in [0.3, 0.4) is 0 Å². The first-order valence-electron chi connectivity index (χ1n) is 8.24. The lowest BCUT2D eigenvalue weighted by Crippen LogP contribution is -2.40. The van der Waals surface area contributed by atoms with Crippen LogP contribution in [0.5, 0.6) is 0 Å². The Bertz CT molecular complexity index is 1040. The number of anilines is 2. The van der Waals surface area contributed by atoms with Gasteiger partial charge in [-0.3, -0.25) is 14.9 Å². The number of hydrogen-bond donors (Lipinski definition) is 1. The molecule has 1 N–H and O–H groups in total. The lowest BCUT2D eigenvalue weighted by Gasteiger charge is -2.25. The molecule has 4 rings (SSSR count). The molecule has 1 aliphatic rings. The second-order valence-corrected chi connectivity index (χ2v) is 7.40. The van der Waals surface area contributed by atoms with Crippen molar-refractivity contribution >= 4 is 56.3 Å². The van der Waals surface area contributed by atoms with Gasteiger partial charge in [0.05, 0.1) is 10.3 Å². The average Bonchev–Trinajstić information content (AvgIpc) is 3.31. The maximum absolute atomic E-state index is 12.8. The number of carbonyl (C=O) groups excluding carboxylic acids is 1. The summed E-state index contributed by atoms with van der Waals surface area (Å²) in [4.78, 5) is 34.8. The van der Waals surface area contributed by atoms with Gasteiger partial charge in [-0.1, -0.05) is 11.6 Å². The molecule has 1 amide bonds. The van der Waals surface area contributed by atoms with Gasteiger partial charge in [-0.05, 0) is 36.4 Å². The number of nitro groups is 1. The van der Waals surface area contributed by atoms with E-state index < -0.39 is 11.0 Å². The highest BCUT2D eigenvalue weighted by Crippen LogP contribution is 2.33. The Kier molecular flexibility index (Phi) is 4.63. The minimum absolute atomic E-state index is 0.0290. The largest absolute Gasteiger partial charge is 0.344 e. The number of nitrogens with one attached hydrogen (secondary N) is 1. The van der Waals surface area contributed by atoms with E-state index in [4.69, 9.17) is 11.6 Å². The van der Waals surface area contributed by atoms with Crippen molar-refractivity contribution in [3.63, 3.8) is 0 Å². The van der Waals surface area contributed by atoms with Crippen molar-refractivity contribution in [2.75, 3.05) is 16.8 Å². The fourth-order valence-corrected chi connectivity index (χ4v) is 4.17. The first kappa shape index (κ1) is 17.6. The highest BCUT2D eigenvalue weighted by Gasteiger charge is 2.33. The smallest absolute Gasteiger partial charge is 0.289 e. The Morgan fingerprint density at radius 3 is 3.04 bits per heavy atom. The van der Waals surface area contributed by atoms with Gasteiger partial charge in [0.1, 0.15) is 28.0 Å². The summed E-state index contributed by atoms with van der Waals surface area (Å²) in [6, 6.07) is 5.76. The van der Waals surface area contributed by atoms with Crippen LogP contribution in [-0.4, -0.2) is 33.4 Å². The number of rotatable bonds is 4. The van der Waals surface area contributed by atoms with Crippen molar-refractivity contribution in [1.29, 1.82) is 0 Å². The van der Waals surface area contributed by atoms with Gasteiger partial charge < -0.3 is 10.2 Å². The van der Waals surface area contributed by atoms with Crippen molar-refractivity contribution < 1.29 is 9.72 Å². The van der Waals surface area contributed by atoms with Gasteiger partial charge in [0.2, 0.25) is 5.91 Å². The average molecular weight is 404 g/mol. The van der Waals surface area contributed by atoms with Crippen molar-refractivity contribution in [2.45, 2.75) is 18.9 Å². The van der Waals surface area contributed by atoms with Crippen molar-refractivity contribution in [3.05, 3.63) is 51.1 Å². The summed E-state index contributed by atoms with van der Waals surface area (Å²) in [5.41, 5.74) is 0.0971. The van der Waals surface area contributed by atoms with Crippen LogP contribution in [0.25, 0.3) is 10.2 Å². The van der Waals surface area contributed by atoms with Gasteiger partial charge in [0, 0.05) is 18.3 Å². The quantitative estimate of drug-likeness (QED) is 0.524. The molecule has 1 unspecified atom stereocenters. The van der Waals surface area contributed by atoms with Gasteiger partial charge in [0.25, 0.3) is 5.69 Å². The molecule has 27 heavy (non-hydrogen) atoms. The van der Waals surface area contributed by atoms with E-state index in [1.54, 1.807) is 6.07 Å². The van der Waals surface area contributed by atoms with Gasteiger partial charge in [-0.15, -0.1) is 11.3 Å². The second-order valence-electron chi connectivity index (χ2n) is 6.10. The first-order valence-corrected chi connectivity index (χ1v) is 9.50. The molecule has 1 atom stereocenters. The summed E-state index contributed by atoms with van der Waals surface area (Å²) in [6.45, 7) is 0.709. The molecule has 1 aliphatic heterocycles. The zero-order valence-corrected chi connectivity index (χ0v) is 15.5. The second kappa shape index (κ2) is 7.09. The molecule has 0 bridgehead atoms. The van der Waals surface area contributed by atoms with Crippen LogP contribution in [0.4, 0.5) is 17.2 Å². The lowest BCUT2D eigenvalue weighted by atomic mass is 10.2. The van der Waals surface area contributed by atoms with Gasteiger partial charge in [0.15, 0.2) is 0 Å². The van der Waals surface area contributed by atoms with Crippen molar-refractivity contribution in [2.24, 2.45) is 0 Å². The molecule has 1 aromatic carbocycles. The molecular formula is C17H14ClN5O3S. The van der Waals surface area contributed by atoms with Crippen LogP contribution in [0.2, 0.25) is 5.02 Å². The molecular weight excluding hydrogens is 390 g/mol. The summed E-state index contributed by atoms with van der Waals surface area (Å²) in [5.74, 6) is 0.507. The van der Waals surface area contributed by atoms with E-state index in [2.05, 4.69) is 15.3 Å². The minimum Gasteiger partial charge on any atom is -0.344 e. The standard InChI is InChI=1S/C17H14ClN5O3S/c18-12-4-3-10(8-14(12)23(25)26)21-16(24)13-2-1-6-22(13)15-11-5-7-27-17(11)20-9-19-15/h3-5,7-9,13H,1-2,6H2,(H,21,24). The molecule has 0 radical (unpaired) electrons. The maximum Gasteiger partial charge on any atom is 0.289 e. The van der Waals surface area contributed by atoms with E-state index in [-0.39, 0.29) is 16.6 Å². The number of thiophene rings is 1. The SMILES string of the molecule is O=C(Nc1ccc(Cl)c([N+](=O)[O-])c1)C1CCCN1c1ncnc2sccc12. The zero-order valence-electron chi connectivity index (χ0n) is 14.0. The van der Waals surface area contributed by atoms with Gasteiger partial charge in [-0.25, -0.2) is 9.97 Å². The third kappa shape index (κ3) is 3.31. The summed E-state index contributed by atoms with van der Waals surface area (Å²) in [7, 11) is 0. The monoisotopic (exact) mass is 403 g/mol. The van der Waals surface area contributed by atoms with Crippen molar-refractivity contribution in [3.8, 4) is 0 Å². The molecule has 3 aromatic rings. The molecule has 2 aromatic heterocycles. The maximum atomic E-state index is 12.8. The third-order valence-corrected chi connectivity index (χ3v) is 5.62. The van der Waals surface area contributed by atoms with Crippen LogP contribution in [0.1, 0.15) is 12.8 Å². The molecule has 1 fully saturated rings. The molecule has 3 heterocycles. The Labute approximate surface area is 162 Å². The fraction of sp³-hybridized carbons (Fsp3) is 0.235. The molecule has 1 saturated heterocycles. The van der Waals surface area contributed by atoms with E-state index in [0.29, 0.717) is 18.7 Å². The van der Waals surface area contributed by atoms with Crippen LogP contribution >= 0.6 is 22.9 Å². The lowest BCUT2D eigenvalue weighted by molar-refractivity contribution is -0.384. The van der Waals surface area contributed by atoms with Crippen LogP contribution in [0.15, 0.2) is 36.0 Å². The predicted octanol–water partition coefficient (Wildman–Crippen LogP) is 3.86. The van der Waals surface area contributed by atoms with Crippen LogP contribution in [0, 0.1) is 10.1 Å². The number of fused-ring (bicyclic) bond motifs is 1. The number of benzene rings is 1. The predicted molar refractivity (Wildman–Crippen MR) is 105 cm³/mol. The number of hydrogen-bond acceptors (Lipinski definition) is 7. The van der Waals surface area contributed by atoms with E-state index in [1.165, 1.54) is 29.8 Å². The number of carbonyl (C=O) groups is 1. The molecule has 8 nitrogen and oxygen atoms in total. The van der Waals surface area contributed by atoms with Gasteiger partial charge in [-0.2, -0.15) is 0 Å². The highest BCUT2D eigenvalue weighted by molar-refractivity contribution is 7.16. The van der Waals surface area contributed by atoms with E-state index in [9.17, 15) is 14.9 Å². The molecule has 10 heteroatoms. The van der Waals surface area contributed by atoms with Gasteiger partial charge >= 0.3 is 0 Å². The van der Waals surface area contributed by atoms with E-state index in [1.807, 2.05) is 16.3 Å².